The molecule has 0 aliphatic rings. The van der Waals surface area contributed by atoms with Crippen LogP contribution < -0.4 is 5.32 Å². The van der Waals surface area contributed by atoms with Gasteiger partial charge in [-0.2, -0.15) is 0 Å². The third kappa shape index (κ3) is 2.03. The number of anilines is 1. The maximum Gasteiger partial charge on any atom is 0.138 e. The van der Waals surface area contributed by atoms with E-state index in [1.54, 1.807) is 29.0 Å². The molecule has 0 aliphatic heterocycles. The highest BCUT2D eigenvalue weighted by Gasteiger charge is 2.05. The van der Waals surface area contributed by atoms with Gasteiger partial charge in [-0.1, -0.05) is 0 Å². The number of fused-ring (bicyclic) bond motifs is 1. The van der Waals surface area contributed by atoms with Crippen LogP contribution in [0.2, 0.25) is 0 Å². The molecular formula is C12H11N3S2. The van der Waals surface area contributed by atoms with E-state index in [0.29, 0.717) is 0 Å². The molecule has 0 aliphatic carbocycles. The molecule has 5 heteroatoms. The predicted molar refractivity (Wildman–Crippen MR) is 73.8 cm³/mol. The minimum absolute atomic E-state index is 0.825. The van der Waals surface area contributed by atoms with Crippen LogP contribution in [-0.4, -0.2) is 9.97 Å². The van der Waals surface area contributed by atoms with Crippen LogP contribution in [0.3, 0.4) is 0 Å². The monoisotopic (exact) mass is 261 g/mol. The van der Waals surface area contributed by atoms with Gasteiger partial charge >= 0.3 is 0 Å². The van der Waals surface area contributed by atoms with Gasteiger partial charge in [-0.25, -0.2) is 9.97 Å². The molecule has 0 radical (unpaired) electrons. The molecule has 0 amide bonds. The summed E-state index contributed by atoms with van der Waals surface area (Å²) >= 11 is 3.41. The number of hydrogen-bond donors (Lipinski definition) is 1. The number of aromatic nitrogens is 2. The normalized spacial score (nSPS) is 10.9. The number of nitrogens with one attached hydrogen (secondary N) is 1. The second-order valence-corrected chi connectivity index (χ2v) is 5.64. The van der Waals surface area contributed by atoms with E-state index in [-0.39, 0.29) is 0 Å². The fourth-order valence-electron chi connectivity index (χ4n) is 1.68. The molecule has 0 bridgehead atoms. The van der Waals surface area contributed by atoms with E-state index in [2.05, 4.69) is 39.7 Å². The zero-order valence-corrected chi connectivity index (χ0v) is 10.9. The van der Waals surface area contributed by atoms with Crippen molar-refractivity contribution in [3.8, 4) is 0 Å². The lowest BCUT2D eigenvalue weighted by Crippen LogP contribution is -2.01. The Morgan fingerprint density at radius 1 is 1.18 bits per heavy atom. The molecule has 0 fully saturated rings. The molecule has 3 nitrogen and oxygen atoms in total. The van der Waals surface area contributed by atoms with Gasteiger partial charge < -0.3 is 5.32 Å². The van der Waals surface area contributed by atoms with Gasteiger partial charge in [-0.3, -0.25) is 0 Å². The molecule has 1 N–H and O–H groups in total. The summed E-state index contributed by atoms with van der Waals surface area (Å²) in [6.07, 6.45) is 1.61. The molecule has 3 aromatic heterocycles. The molecule has 0 unspecified atom stereocenters. The summed E-state index contributed by atoms with van der Waals surface area (Å²) in [6, 6.07) is 4.20. The second-order valence-electron chi connectivity index (χ2n) is 3.74. The highest BCUT2D eigenvalue weighted by molar-refractivity contribution is 7.16. The van der Waals surface area contributed by atoms with Crippen molar-refractivity contribution in [2.45, 2.75) is 13.5 Å². The molecule has 86 valence electrons. The van der Waals surface area contributed by atoms with Crippen LogP contribution in [0, 0.1) is 6.92 Å². The molecule has 3 heterocycles. The number of rotatable bonds is 3. The van der Waals surface area contributed by atoms with Crippen molar-refractivity contribution in [1.29, 1.82) is 0 Å². The Balaban J connectivity index is 1.86. The maximum absolute atomic E-state index is 4.30. The summed E-state index contributed by atoms with van der Waals surface area (Å²) in [7, 11) is 0. The molecule has 0 spiro atoms. The lowest BCUT2D eigenvalue weighted by atomic mass is 10.3. The summed E-state index contributed by atoms with van der Waals surface area (Å²) in [6.45, 7) is 2.96. The van der Waals surface area contributed by atoms with Gasteiger partial charge in [0.25, 0.3) is 0 Å². The summed E-state index contributed by atoms with van der Waals surface area (Å²) < 4.78 is 0. The van der Waals surface area contributed by atoms with Crippen LogP contribution in [0.15, 0.2) is 29.2 Å². The Hall–Kier alpha value is -1.46. The smallest absolute Gasteiger partial charge is 0.138 e. The summed E-state index contributed by atoms with van der Waals surface area (Å²) in [5, 5.41) is 8.65. The first kappa shape index (κ1) is 10.7. The highest BCUT2D eigenvalue weighted by atomic mass is 32.1. The standard InChI is InChI=1S/C12H11N3S2/c1-8-2-4-16-10(8)6-13-11-9-3-5-17-12(9)15-7-14-11/h2-5,7H,6H2,1H3,(H,13,14,15). The van der Waals surface area contributed by atoms with Crippen molar-refractivity contribution in [2.75, 3.05) is 5.32 Å². The second kappa shape index (κ2) is 4.43. The van der Waals surface area contributed by atoms with E-state index >= 15 is 0 Å². The molecule has 0 atom stereocenters. The van der Waals surface area contributed by atoms with Gasteiger partial charge in [0.2, 0.25) is 0 Å². The molecule has 3 rings (SSSR count). The highest BCUT2D eigenvalue weighted by Crippen LogP contribution is 2.25. The Morgan fingerprint density at radius 3 is 2.88 bits per heavy atom. The lowest BCUT2D eigenvalue weighted by molar-refractivity contribution is 1.12. The van der Waals surface area contributed by atoms with Crippen LogP contribution >= 0.6 is 22.7 Å². The average molecular weight is 261 g/mol. The predicted octanol–water partition coefficient (Wildman–Crippen LogP) is 3.67. The van der Waals surface area contributed by atoms with Crippen LogP contribution in [0.1, 0.15) is 10.4 Å². The Bertz CT molecular complexity index is 642. The Morgan fingerprint density at radius 2 is 2.06 bits per heavy atom. The molecule has 0 saturated heterocycles. The van der Waals surface area contributed by atoms with Gasteiger partial charge in [-0.05, 0) is 35.4 Å². The largest absolute Gasteiger partial charge is 0.365 e. The molecule has 3 aromatic rings. The average Bonchev–Trinajstić information content (AvgIpc) is 2.95. The van der Waals surface area contributed by atoms with Crippen LogP contribution in [0.5, 0.6) is 0 Å². The Kier molecular flexibility index (Phi) is 2.78. The lowest BCUT2D eigenvalue weighted by Gasteiger charge is -2.05. The van der Waals surface area contributed by atoms with Crippen LogP contribution in [0.25, 0.3) is 10.2 Å². The first-order valence-corrected chi connectivity index (χ1v) is 7.05. The van der Waals surface area contributed by atoms with Crippen molar-refractivity contribution in [2.24, 2.45) is 0 Å². The summed E-state index contributed by atoms with van der Waals surface area (Å²) in [5.41, 5.74) is 1.33. The van der Waals surface area contributed by atoms with Gasteiger partial charge in [0.05, 0.1) is 11.9 Å². The quantitative estimate of drug-likeness (QED) is 0.781. The van der Waals surface area contributed by atoms with Crippen molar-refractivity contribution < 1.29 is 0 Å². The fraction of sp³-hybridized carbons (Fsp3) is 0.167. The van der Waals surface area contributed by atoms with E-state index in [1.165, 1.54) is 10.4 Å². The Labute approximate surface area is 107 Å². The van der Waals surface area contributed by atoms with Crippen LogP contribution in [0.4, 0.5) is 5.82 Å². The maximum atomic E-state index is 4.30. The molecule has 17 heavy (non-hydrogen) atoms. The van der Waals surface area contributed by atoms with Crippen molar-refractivity contribution in [3.63, 3.8) is 0 Å². The number of nitrogens with zero attached hydrogens (tertiary/aromatic N) is 2. The van der Waals surface area contributed by atoms with E-state index in [4.69, 9.17) is 0 Å². The van der Waals surface area contributed by atoms with Crippen molar-refractivity contribution >= 4 is 38.7 Å². The number of thiophene rings is 2. The number of hydrogen-bond acceptors (Lipinski definition) is 5. The minimum Gasteiger partial charge on any atom is -0.365 e. The summed E-state index contributed by atoms with van der Waals surface area (Å²) in [5.74, 6) is 0.920. The SMILES string of the molecule is Cc1ccsc1CNc1ncnc2sccc12. The third-order valence-electron chi connectivity index (χ3n) is 2.65. The topological polar surface area (TPSA) is 37.8 Å². The zero-order valence-electron chi connectivity index (χ0n) is 9.30. The van der Waals surface area contributed by atoms with Crippen LogP contribution in [-0.2, 0) is 6.54 Å². The van der Waals surface area contributed by atoms with Gasteiger partial charge in [0, 0.05) is 4.88 Å². The van der Waals surface area contributed by atoms with E-state index in [0.717, 1.165) is 22.6 Å². The van der Waals surface area contributed by atoms with E-state index in [9.17, 15) is 0 Å². The third-order valence-corrected chi connectivity index (χ3v) is 4.49. The first-order chi connectivity index (χ1) is 8.34. The van der Waals surface area contributed by atoms with E-state index < -0.39 is 0 Å². The van der Waals surface area contributed by atoms with Crippen molar-refractivity contribution in [3.05, 3.63) is 39.7 Å². The van der Waals surface area contributed by atoms with E-state index in [1.807, 2.05) is 5.38 Å². The number of aryl methyl sites for hydroxylation is 1. The van der Waals surface area contributed by atoms with Gasteiger partial charge in [0.15, 0.2) is 0 Å². The van der Waals surface area contributed by atoms with Gasteiger partial charge in [0.1, 0.15) is 17.0 Å². The fourth-order valence-corrected chi connectivity index (χ4v) is 3.26. The minimum atomic E-state index is 0.825. The first-order valence-electron chi connectivity index (χ1n) is 5.29. The summed E-state index contributed by atoms with van der Waals surface area (Å²) in [4.78, 5) is 10.9. The van der Waals surface area contributed by atoms with Gasteiger partial charge in [-0.15, -0.1) is 22.7 Å². The van der Waals surface area contributed by atoms with Crippen molar-refractivity contribution in [1.82, 2.24) is 9.97 Å². The molecule has 0 saturated carbocycles. The molecular weight excluding hydrogens is 250 g/mol. The zero-order chi connectivity index (χ0) is 11.7. The molecule has 0 aromatic carbocycles.